The van der Waals surface area contributed by atoms with E-state index in [1.807, 2.05) is 32.0 Å². The van der Waals surface area contributed by atoms with Gasteiger partial charge in [0, 0.05) is 13.1 Å². The van der Waals surface area contributed by atoms with Crippen molar-refractivity contribution in [3.63, 3.8) is 0 Å². The summed E-state index contributed by atoms with van der Waals surface area (Å²) in [5.41, 5.74) is 1.64. The minimum atomic E-state index is -0.576. The van der Waals surface area contributed by atoms with E-state index in [1.165, 1.54) is 0 Å². The van der Waals surface area contributed by atoms with Crippen molar-refractivity contribution < 1.29 is 14.9 Å². The van der Waals surface area contributed by atoms with Crippen LogP contribution in [-0.4, -0.2) is 41.6 Å². The fraction of sp³-hybridized carbons (Fsp3) is 0.647. The fourth-order valence-electron chi connectivity index (χ4n) is 2.79. The largest absolute Gasteiger partial charge is 0.491 e. The van der Waals surface area contributed by atoms with Crippen LogP contribution in [0.3, 0.4) is 0 Å². The molecule has 1 atom stereocenters. The van der Waals surface area contributed by atoms with Gasteiger partial charge < -0.3 is 20.3 Å². The summed E-state index contributed by atoms with van der Waals surface area (Å²) in [7, 11) is 0. The predicted molar refractivity (Wildman–Crippen MR) is 83.7 cm³/mol. The second-order valence-electron chi connectivity index (χ2n) is 6.30. The summed E-state index contributed by atoms with van der Waals surface area (Å²) in [4.78, 5) is 0. The van der Waals surface area contributed by atoms with Gasteiger partial charge >= 0.3 is 0 Å². The number of hydrogen-bond acceptors (Lipinski definition) is 4. The molecule has 2 rings (SSSR count). The minimum Gasteiger partial charge on any atom is -0.491 e. The molecule has 0 amide bonds. The third kappa shape index (κ3) is 4.99. The molecule has 4 nitrogen and oxygen atoms in total. The number of rotatable bonds is 7. The second kappa shape index (κ2) is 7.25. The van der Waals surface area contributed by atoms with Gasteiger partial charge in [-0.3, -0.25) is 0 Å². The van der Waals surface area contributed by atoms with Gasteiger partial charge in [-0.2, -0.15) is 0 Å². The Kier molecular flexibility index (Phi) is 5.62. The summed E-state index contributed by atoms with van der Waals surface area (Å²) < 4.78 is 5.67. The van der Waals surface area contributed by atoms with Crippen LogP contribution < -0.4 is 10.1 Å². The molecule has 1 aromatic carbocycles. The zero-order valence-electron chi connectivity index (χ0n) is 13.1. The van der Waals surface area contributed by atoms with Crippen molar-refractivity contribution in [2.24, 2.45) is 0 Å². The third-order valence-electron chi connectivity index (χ3n) is 4.14. The lowest BCUT2D eigenvalue weighted by Crippen LogP contribution is -2.42. The molecule has 0 saturated heterocycles. The van der Waals surface area contributed by atoms with Crippen LogP contribution in [0.15, 0.2) is 18.2 Å². The Hall–Kier alpha value is -1.10. The van der Waals surface area contributed by atoms with E-state index in [0.717, 1.165) is 42.6 Å². The zero-order chi connectivity index (χ0) is 15.3. The first-order valence-electron chi connectivity index (χ1n) is 7.80. The highest BCUT2D eigenvalue weighted by molar-refractivity contribution is 5.35. The van der Waals surface area contributed by atoms with Gasteiger partial charge in [-0.15, -0.1) is 0 Å². The molecule has 118 valence electrons. The third-order valence-corrected chi connectivity index (χ3v) is 4.14. The molecule has 1 aromatic rings. The molecular formula is C17H27NO3. The molecule has 1 saturated carbocycles. The Morgan fingerprint density at radius 1 is 1.29 bits per heavy atom. The highest BCUT2D eigenvalue weighted by atomic mass is 16.5. The quantitative estimate of drug-likeness (QED) is 0.719. The lowest BCUT2D eigenvalue weighted by molar-refractivity contribution is 0.0406. The molecule has 1 fully saturated rings. The van der Waals surface area contributed by atoms with Crippen molar-refractivity contribution in [3.05, 3.63) is 29.3 Å². The lowest BCUT2D eigenvalue weighted by atomic mass is 10.0. The first-order chi connectivity index (χ1) is 9.98. The molecule has 0 heterocycles. The van der Waals surface area contributed by atoms with Crippen LogP contribution in [0.5, 0.6) is 5.75 Å². The van der Waals surface area contributed by atoms with Gasteiger partial charge in [-0.25, -0.2) is 0 Å². The summed E-state index contributed by atoms with van der Waals surface area (Å²) in [6.07, 6.45) is 3.33. The van der Waals surface area contributed by atoms with Crippen molar-refractivity contribution in [1.82, 2.24) is 5.32 Å². The van der Waals surface area contributed by atoms with Gasteiger partial charge in [0.2, 0.25) is 0 Å². The Balaban J connectivity index is 1.69. The second-order valence-corrected chi connectivity index (χ2v) is 6.30. The Labute approximate surface area is 127 Å². The van der Waals surface area contributed by atoms with E-state index < -0.39 is 11.7 Å². The minimum absolute atomic E-state index is 0.260. The van der Waals surface area contributed by atoms with Crippen LogP contribution in [0.25, 0.3) is 0 Å². The molecule has 0 aromatic heterocycles. The zero-order valence-corrected chi connectivity index (χ0v) is 13.1. The van der Waals surface area contributed by atoms with Crippen LogP contribution in [0.4, 0.5) is 0 Å². The van der Waals surface area contributed by atoms with E-state index >= 15 is 0 Å². The fourth-order valence-corrected chi connectivity index (χ4v) is 2.79. The highest BCUT2D eigenvalue weighted by Gasteiger charge is 2.30. The van der Waals surface area contributed by atoms with Crippen LogP contribution in [0.2, 0.25) is 0 Å². The van der Waals surface area contributed by atoms with Crippen LogP contribution in [0.1, 0.15) is 36.8 Å². The first kappa shape index (κ1) is 16.3. The van der Waals surface area contributed by atoms with Crippen LogP contribution in [0, 0.1) is 13.8 Å². The molecular weight excluding hydrogens is 266 g/mol. The number of aliphatic hydroxyl groups is 2. The summed E-state index contributed by atoms with van der Waals surface area (Å²) in [6.45, 7) is 5.26. The molecule has 1 aliphatic carbocycles. The van der Waals surface area contributed by atoms with Crippen molar-refractivity contribution in [1.29, 1.82) is 0 Å². The first-order valence-corrected chi connectivity index (χ1v) is 7.80. The van der Waals surface area contributed by atoms with Crippen LogP contribution in [-0.2, 0) is 0 Å². The number of nitrogens with one attached hydrogen (secondary N) is 1. The SMILES string of the molecule is Cc1ccc(C)c(OCC(O)CNCC2(O)CCCC2)c1. The Bertz CT molecular complexity index is 455. The van der Waals surface area contributed by atoms with E-state index in [2.05, 4.69) is 5.32 Å². The number of aryl methyl sites for hydroxylation is 2. The van der Waals surface area contributed by atoms with Gasteiger partial charge in [0.25, 0.3) is 0 Å². The summed E-state index contributed by atoms with van der Waals surface area (Å²) in [5.74, 6) is 0.823. The number of benzene rings is 1. The van der Waals surface area contributed by atoms with Gasteiger partial charge in [-0.05, 0) is 43.9 Å². The maximum absolute atomic E-state index is 10.2. The van der Waals surface area contributed by atoms with E-state index in [-0.39, 0.29) is 6.61 Å². The average Bonchev–Trinajstić information content (AvgIpc) is 2.87. The topological polar surface area (TPSA) is 61.7 Å². The molecule has 0 bridgehead atoms. The van der Waals surface area contributed by atoms with Crippen molar-refractivity contribution in [2.45, 2.75) is 51.2 Å². The summed E-state index contributed by atoms with van der Waals surface area (Å²) in [5, 5.41) is 23.3. The monoisotopic (exact) mass is 293 g/mol. The van der Waals surface area contributed by atoms with Crippen molar-refractivity contribution >= 4 is 0 Å². The van der Waals surface area contributed by atoms with Crippen LogP contribution >= 0.6 is 0 Å². The molecule has 1 unspecified atom stereocenters. The van der Waals surface area contributed by atoms with Gasteiger partial charge in [0.1, 0.15) is 18.5 Å². The maximum atomic E-state index is 10.2. The molecule has 0 radical (unpaired) electrons. The molecule has 0 aliphatic heterocycles. The summed E-state index contributed by atoms with van der Waals surface area (Å²) >= 11 is 0. The number of hydrogen-bond donors (Lipinski definition) is 3. The van der Waals surface area contributed by atoms with E-state index in [0.29, 0.717) is 13.1 Å². The maximum Gasteiger partial charge on any atom is 0.122 e. The lowest BCUT2D eigenvalue weighted by Gasteiger charge is -2.23. The summed E-state index contributed by atoms with van der Waals surface area (Å²) in [6, 6.07) is 6.05. The van der Waals surface area contributed by atoms with Crippen molar-refractivity contribution in [3.8, 4) is 5.75 Å². The smallest absolute Gasteiger partial charge is 0.122 e. The molecule has 4 heteroatoms. The van der Waals surface area contributed by atoms with Crippen molar-refractivity contribution in [2.75, 3.05) is 19.7 Å². The normalized spacial score (nSPS) is 18.7. The predicted octanol–water partition coefficient (Wildman–Crippen LogP) is 1.94. The molecule has 0 spiro atoms. The van der Waals surface area contributed by atoms with Gasteiger partial charge in [-0.1, -0.05) is 25.0 Å². The Morgan fingerprint density at radius 2 is 2.00 bits per heavy atom. The molecule has 1 aliphatic rings. The standard InChI is InChI=1S/C17H27NO3/c1-13-5-6-14(2)16(9-13)21-11-15(19)10-18-12-17(20)7-3-4-8-17/h5-6,9,15,18-20H,3-4,7-8,10-12H2,1-2H3. The average molecular weight is 293 g/mol. The van der Waals surface area contributed by atoms with Gasteiger partial charge in [0.15, 0.2) is 0 Å². The number of ether oxygens (including phenoxy) is 1. The van der Waals surface area contributed by atoms with E-state index in [4.69, 9.17) is 4.74 Å². The highest BCUT2D eigenvalue weighted by Crippen LogP contribution is 2.28. The molecule has 3 N–H and O–H groups in total. The molecule has 21 heavy (non-hydrogen) atoms. The number of aliphatic hydroxyl groups excluding tert-OH is 1. The van der Waals surface area contributed by atoms with E-state index in [1.54, 1.807) is 0 Å². The van der Waals surface area contributed by atoms with E-state index in [9.17, 15) is 10.2 Å². The van der Waals surface area contributed by atoms with Gasteiger partial charge in [0.05, 0.1) is 5.60 Å². The Morgan fingerprint density at radius 3 is 2.71 bits per heavy atom.